The number of likely N-dealkylation sites (tertiary alicyclic amines) is 1. The number of amides is 2. The number of rotatable bonds is 4. The number of hydrogen-bond acceptors (Lipinski definition) is 4. The SMILES string of the molecule is O=C1C[C@@H](N2CCCC[C@@H]2CCO)C(=O)N1c1cc(Cl)cc(Cl)c1. The van der Waals surface area contributed by atoms with Crippen LogP contribution in [0.2, 0.25) is 10.0 Å². The van der Waals surface area contributed by atoms with Crippen molar-refractivity contribution in [2.24, 2.45) is 0 Å². The summed E-state index contributed by atoms with van der Waals surface area (Å²) in [6.07, 6.45) is 3.82. The van der Waals surface area contributed by atoms with Crippen LogP contribution in [0.15, 0.2) is 18.2 Å². The van der Waals surface area contributed by atoms with E-state index in [9.17, 15) is 14.7 Å². The van der Waals surface area contributed by atoms with Crippen LogP contribution in [0.3, 0.4) is 0 Å². The highest BCUT2D eigenvalue weighted by molar-refractivity contribution is 6.35. The number of carbonyl (C=O) groups excluding carboxylic acids is 2. The van der Waals surface area contributed by atoms with E-state index in [0.29, 0.717) is 22.2 Å². The number of benzene rings is 1. The topological polar surface area (TPSA) is 60.9 Å². The fourth-order valence-corrected chi connectivity index (χ4v) is 4.22. The molecular weight excluding hydrogens is 351 g/mol. The normalized spacial score (nSPS) is 25.5. The van der Waals surface area contributed by atoms with Gasteiger partial charge in [0, 0.05) is 22.7 Å². The zero-order valence-electron chi connectivity index (χ0n) is 13.3. The predicted molar refractivity (Wildman–Crippen MR) is 93.4 cm³/mol. The summed E-state index contributed by atoms with van der Waals surface area (Å²) in [5.74, 6) is -0.472. The smallest absolute Gasteiger partial charge is 0.251 e. The third-order valence-corrected chi connectivity index (χ3v) is 5.20. The maximum Gasteiger partial charge on any atom is 0.251 e. The van der Waals surface area contributed by atoms with Gasteiger partial charge in [0.1, 0.15) is 0 Å². The second-order valence-corrected chi connectivity index (χ2v) is 7.19. The fraction of sp³-hybridized carbons (Fsp3) is 0.529. The zero-order chi connectivity index (χ0) is 17.3. The zero-order valence-corrected chi connectivity index (χ0v) is 14.8. The van der Waals surface area contributed by atoms with E-state index in [2.05, 4.69) is 4.90 Å². The lowest BCUT2D eigenvalue weighted by atomic mass is 9.97. The van der Waals surface area contributed by atoms with Gasteiger partial charge in [-0.15, -0.1) is 0 Å². The Hall–Kier alpha value is -1.14. The number of nitrogens with zero attached hydrogens (tertiary/aromatic N) is 2. The molecule has 2 fully saturated rings. The minimum absolute atomic E-state index is 0.0869. The summed E-state index contributed by atoms with van der Waals surface area (Å²) in [6, 6.07) is 4.40. The number of aliphatic hydroxyl groups excluding tert-OH is 1. The molecule has 0 spiro atoms. The lowest BCUT2D eigenvalue weighted by Gasteiger charge is -2.38. The Bertz CT molecular complexity index is 630. The molecule has 0 saturated carbocycles. The maximum atomic E-state index is 12.9. The molecule has 1 aromatic rings. The van der Waals surface area contributed by atoms with Gasteiger partial charge in [-0.3, -0.25) is 14.5 Å². The summed E-state index contributed by atoms with van der Waals surface area (Å²) in [6.45, 7) is 0.863. The predicted octanol–water partition coefficient (Wildman–Crippen LogP) is 2.86. The van der Waals surface area contributed by atoms with Crippen molar-refractivity contribution >= 4 is 40.7 Å². The molecule has 0 radical (unpaired) electrons. The Morgan fingerprint density at radius 2 is 1.83 bits per heavy atom. The van der Waals surface area contributed by atoms with Crippen LogP contribution >= 0.6 is 23.2 Å². The molecule has 1 aromatic carbocycles. The van der Waals surface area contributed by atoms with Gasteiger partial charge in [0.2, 0.25) is 5.91 Å². The van der Waals surface area contributed by atoms with Crippen LogP contribution in [-0.4, -0.2) is 47.1 Å². The average Bonchev–Trinajstić information content (AvgIpc) is 2.82. The van der Waals surface area contributed by atoms with Crippen molar-refractivity contribution in [1.29, 1.82) is 0 Å². The van der Waals surface area contributed by atoms with Crippen molar-refractivity contribution in [2.45, 2.75) is 44.2 Å². The third kappa shape index (κ3) is 3.45. The molecule has 0 bridgehead atoms. The number of halogens is 2. The highest BCUT2D eigenvalue weighted by Gasteiger charge is 2.45. The molecule has 5 nitrogen and oxygen atoms in total. The van der Waals surface area contributed by atoms with E-state index in [1.165, 1.54) is 4.90 Å². The Labute approximate surface area is 151 Å². The van der Waals surface area contributed by atoms with E-state index in [-0.39, 0.29) is 30.9 Å². The first kappa shape index (κ1) is 17.7. The second kappa shape index (κ2) is 7.40. The molecule has 1 N–H and O–H groups in total. The van der Waals surface area contributed by atoms with Gasteiger partial charge in [-0.2, -0.15) is 0 Å². The molecule has 2 atom stereocenters. The van der Waals surface area contributed by atoms with Crippen LogP contribution in [0, 0.1) is 0 Å². The van der Waals surface area contributed by atoms with Gasteiger partial charge in [-0.25, -0.2) is 4.90 Å². The van der Waals surface area contributed by atoms with Crippen molar-refractivity contribution < 1.29 is 14.7 Å². The molecule has 0 aliphatic carbocycles. The number of piperidine rings is 1. The van der Waals surface area contributed by atoms with E-state index in [0.717, 1.165) is 25.8 Å². The monoisotopic (exact) mass is 370 g/mol. The number of imide groups is 1. The lowest BCUT2D eigenvalue weighted by Crippen LogP contribution is -2.50. The minimum atomic E-state index is -0.466. The molecule has 2 aliphatic rings. The number of anilines is 1. The van der Waals surface area contributed by atoms with Crippen LogP contribution < -0.4 is 4.90 Å². The van der Waals surface area contributed by atoms with Crippen LogP contribution in [0.4, 0.5) is 5.69 Å². The Morgan fingerprint density at radius 3 is 2.50 bits per heavy atom. The van der Waals surface area contributed by atoms with E-state index in [1.54, 1.807) is 18.2 Å². The summed E-state index contributed by atoms with van der Waals surface area (Å²) in [7, 11) is 0. The van der Waals surface area contributed by atoms with E-state index in [4.69, 9.17) is 23.2 Å². The molecule has 7 heteroatoms. The molecule has 0 unspecified atom stereocenters. The van der Waals surface area contributed by atoms with Crippen LogP contribution in [0.25, 0.3) is 0 Å². The van der Waals surface area contributed by atoms with Crippen LogP contribution in [0.5, 0.6) is 0 Å². The molecule has 24 heavy (non-hydrogen) atoms. The van der Waals surface area contributed by atoms with E-state index < -0.39 is 6.04 Å². The summed E-state index contributed by atoms with van der Waals surface area (Å²) in [5.41, 5.74) is 0.417. The highest BCUT2D eigenvalue weighted by atomic mass is 35.5. The van der Waals surface area contributed by atoms with Gasteiger partial charge in [-0.1, -0.05) is 29.6 Å². The van der Waals surface area contributed by atoms with Crippen molar-refractivity contribution in [3.63, 3.8) is 0 Å². The third-order valence-electron chi connectivity index (χ3n) is 4.76. The Morgan fingerprint density at radius 1 is 1.12 bits per heavy atom. The molecule has 3 rings (SSSR count). The number of carbonyl (C=O) groups is 2. The maximum absolute atomic E-state index is 12.9. The fourth-order valence-electron chi connectivity index (χ4n) is 3.71. The first-order valence-electron chi connectivity index (χ1n) is 8.20. The van der Waals surface area contributed by atoms with Gasteiger partial charge in [0.15, 0.2) is 0 Å². The first-order valence-corrected chi connectivity index (χ1v) is 8.96. The molecule has 2 heterocycles. The van der Waals surface area contributed by atoms with Gasteiger partial charge in [0.05, 0.1) is 18.2 Å². The molecule has 2 saturated heterocycles. The van der Waals surface area contributed by atoms with Crippen LogP contribution in [0.1, 0.15) is 32.1 Å². The molecular formula is C17H20Cl2N2O3. The molecule has 2 aliphatic heterocycles. The van der Waals surface area contributed by atoms with Gasteiger partial charge in [0.25, 0.3) is 5.91 Å². The second-order valence-electron chi connectivity index (χ2n) is 6.31. The summed E-state index contributed by atoms with van der Waals surface area (Å²) < 4.78 is 0. The summed E-state index contributed by atoms with van der Waals surface area (Å²) in [5, 5.41) is 10.0. The van der Waals surface area contributed by atoms with Gasteiger partial charge < -0.3 is 5.11 Å². The molecule has 0 aromatic heterocycles. The summed E-state index contributed by atoms with van der Waals surface area (Å²) in [4.78, 5) is 28.6. The quantitative estimate of drug-likeness (QED) is 0.827. The standard InChI is InChI=1S/C17H20Cl2N2O3/c18-11-7-12(19)9-14(8-11)21-16(23)10-15(17(21)24)20-5-2-1-3-13(20)4-6-22/h7-9,13,15,22H,1-6,10H2/t13-,15-/m1/s1. The van der Waals surface area contributed by atoms with Gasteiger partial charge in [-0.05, 0) is 44.0 Å². The first-order chi connectivity index (χ1) is 11.5. The highest BCUT2D eigenvalue weighted by Crippen LogP contribution is 2.33. The average molecular weight is 371 g/mol. The van der Waals surface area contributed by atoms with Crippen molar-refractivity contribution in [3.8, 4) is 0 Å². The van der Waals surface area contributed by atoms with E-state index >= 15 is 0 Å². The minimum Gasteiger partial charge on any atom is -0.396 e. The van der Waals surface area contributed by atoms with E-state index in [1.807, 2.05) is 0 Å². The molecule has 2 amide bonds. The number of hydrogen-bond donors (Lipinski definition) is 1. The Balaban J connectivity index is 1.85. The van der Waals surface area contributed by atoms with Crippen molar-refractivity contribution in [1.82, 2.24) is 4.90 Å². The van der Waals surface area contributed by atoms with Gasteiger partial charge >= 0.3 is 0 Å². The summed E-state index contributed by atoms with van der Waals surface area (Å²) >= 11 is 12.0. The van der Waals surface area contributed by atoms with Crippen molar-refractivity contribution in [2.75, 3.05) is 18.1 Å². The Kier molecular flexibility index (Phi) is 5.45. The van der Waals surface area contributed by atoms with Crippen molar-refractivity contribution in [3.05, 3.63) is 28.2 Å². The number of aliphatic hydroxyl groups is 1. The lowest BCUT2D eigenvalue weighted by molar-refractivity contribution is -0.123. The van der Waals surface area contributed by atoms with Crippen LogP contribution in [-0.2, 0) is 9.59 Å². The molecule has 130 valence electrons. The largest absolute Gasteiger partial charge is 0.396 e.